The fraction of sp³-hybridized carbons (Fsp3) is 0.458. The van der Waals surface area contributed by atoms with Crippen LogP contribution in [0.25, 0.3) is 0 Å². The number of carbonyl (C=O) groups excluding carboxylic acids is 1. The first-order valence-corrected chi connectivity index (χ1v) is 13.6. The van der Waals surface area contributed by atoms with Crippen LogP contribution in [0.2, 0.25) is 0 Å². The molecular formula is C24H32N2O4S2. The molecule has 174 valence electrons. The van der Waals surface area contributed by atoms with E-state index in [4.69, 9.17) is 4.74 Å². The molecule has 0 bridgehead atoms. The second-order valence-electron chi connectivity index (χ2n) is 7.91. The third kappa shape index (κ3) is 6.49. The average Bonchev–Trinajstić information content (AvgIpc) is 3.34. The minimum Gasteiger partial charge on any atom is -0.496 e. The topological polar surface area (TPSA) is 75.7 Å². The summed E-state index contributed by atoms with van der Waals surface area (Å²) in [5.41, 5.74) is 3.34. The molecule has 1 fully saturated rings. The van der Waals surface area contributed by atoms with Crippen LogP contribution in [0.5, 0.6) is 5.75 Å². The summed E-state index contributed by atoms with van der Waals surface area (Å²) in [7, 11) is -1.94. The zero-order valence-corrected chi connectivity index (χ0v) is 20.4. The van der Waals surface area contributed by atoms with Gasteiger partial charge in [-0.25, -0.2) is 8.42 Å². The Morgan fingerprint density at radius 3 is 2.59 bits per heavy atom. The van der Waals surface area contributed by atoms with Gasteiger partial charge < -0.3 is 10.1 Å². The molecule has 1 heterocycles. The minimum absolute atomic E-state index is 0.0450. The van der Waals surface area contributed by atoms with Crippen molar-refractivity contribution < 1.29 is 17.9 Å². The first-order chi connectivity index (χ1) is 15.4. The second kappa shape index (κ2) is 11.7. The number of rotatable bonds is 11. The molecule has 0 aromatic heterocycles. The monoisotopic (exact) mass is 476 g/mol. The van der Waals surface area contributed by atoms with Gasteiger partial charge >= 0.3 is 0 Å². The molecule has 3 rings (SSSR count). The van der Waals surface area contributed by atoms with Gasteiger partial charge in [0.2, 0.25) is 15.9 Å². The van der Waals surface area contributed by atoms with Gasteiger partial charge in [0.05, 0.1) is 12.0 Å². The molecule has 0 spiro atoms. The summed E-state index contributed by atoms with van der Waals surface area (Å²) in [4.78, 5) is 12.6. The number of ether oxygens (including phenoxy) is 1. The Hall–Kier alpha value is -2.03. The lowest BCUT2D eigenvalue weighted by Crippen LogP contribution is -2.28. The van der Waals surface area contributed by atoms with Crippen molar-refractivity contribution in [3.63, 3.8) is 0 Å². The third-order valence-electron chi connectivity index (χ3n) is 5.66. The molecule has 0 aliphatic carbocycles. The molecule has 2 aromatic rings. The van der Waals surface area contributed by atoms with E-state index in [1.54, 1.807) is 37.1 Å². The van der Waals surface area contributed by atoms with Gasteiger partial charge in [-0.05, 0) is 61.1 Å². The standard InChI is InChI=1S/C24H32N2O4S2/c1-19-7-3-4-8-21(19)18-31-16-13-25-24(27)12-9-20-17-22(10-11-23(20)30-2)32(28,29)26-14-5-6-15-26/h3-4,7-8,10-11,17H,5-6,9,12-16,18H2,1-2H3,(H,25,27). The molecule has 1 N–H and O–H groups in total. The van der Waals surface area contributed by atoms with Crippen molar-refractivity contribution in [1.29, 1.82) is 0 Å². The van der Waals surface area contributed by atoms with Gasteiger partial charge in [0, 0.05) is 37.6 Å². The first kappa shape index (κ1) is 24.6. The van der Waals surface area contributed by atoms with E-state index in [1.165, 1.54) is 15.4 Å². The Labute approximate surface area is 195 Å². The predicted molar refractivity (Wildman–Crippen MR) is 130 cm³/mol. The van der Waals surface area contributed by atoms with E-state index in [9.17, 15) is 13.2 Å². The zero-order chi connectivity index (χ0) is 23.0. The van der Waals surface area contributed by atoms with Crippen molar-refractivity contribution in [2.45, 2.75) is 43.3 Å². The number of carbonyl (C=O) groups is 1. The maximum Gasteiger partial charge on any atom is 0.243 e. The maximum absolute atomic E-state index is 12.9. The van der Waals surface area contributed by atoms with Crippen LogP contribution in [0.3, 0.4) is 0 Å². The molecule has 1 amide bonds. The van der Waals surface area contributed by atoms with Crippen LogP contribution in [0.4, 0.5) is 0 Å². The van der Waals surface area contributed by atoms with Crippen LogP contribution < -0.4 is 10.1 Å². The van der Waals surface area contributed by atoms with Crippen LogP contribution in [0.15, 0.2) is 47.4 Å². The van der Waals surface area contributed by atoms with Crippen LogP contribution in [0, 0.1) is 6.92 Å². The minimum atomic E-state index is -3.50. The summed E-state index contributed by atoms with van der Waals surface area (Å²) in [5, 5.41) is 2.95. The highest BCUT2D eigenvalue weighted by molar-refractivity contribution is 7.98. The van der Waals surface area contributed by atoms with Gasteiger partial charge in [0.25, 0.3) is 0 Å². The lowest BCUT2D eigenvalue weighted by molar-refractivity contribution is -0.120. The van der Waals surface area contributed by atoms with Crippen LogP contribution in [-0.4, -0.2) is 51.1 Å². The van der Waals surface area contributed by atoms with Crippen molar-refractivity contribution >= 4 is 27.7 Å². The number of hydrogen-bond acceptors (Lipinski definition) is 5. The van der Waals surface area contributed by atoms with Crippen molar-refractivity contribution in [1.82, 2.24) is 9.62 Å². The summed E-state index contributed by atoms with van der Waals surface area (Å²) >= 11 is 1.79. The van der Waals surface area contributed by atoms with Crippen molar-refractivity contribution in [3.05, 3.63) is 59.2 Å². The lowest BCUT2D eigenvalue weighted by atomic mass is 10.1. The van der Waals surface area contributed by atoms with Crippen molar-refractivity contribution in [2.24, 2.45) is 0 Å². The molecule has 0 radical (unpaired) electrons. The van der Waals surface area contributed by atoms with Crippen molar-refractivity contribution in [2.75, 3.05) is 32.5 Å². The number of aryl methyl sites for hydroxylation is 2. The summed E-state index contributed by atoms with van der Waals surface area (Å²) in [6.07, 6.45) is 2.50. The number of thioether (sulfide) groups is 1. The normalized spacial score (nSPS) is 14.4. The molecule has 1 saturated heterocycles. The number of methoxy groups -OCH3 is 1. The van der Waals surface area contributed by atoms with Gasteiger partial charge in [0.1, 0.15) is 5.75 Å². The Kier molecular flexibility index (Phi) is 9.02. The largest absolute Gasteiger partial charge is 0.496 e. The third-order valence-corrected chi connectivity index (χ3v) is 8.57. The Bertz CT molecular complexity index is 1020. The van der Waals surface area contributed by atoms with E-state index in [0.717, 1.165) is 29.9 Å². The number of nitrogens with one attached hydrogen (secondary N) is 1. The summed E-state index contributed by atoms with van der Waals surface area (Å²) in [5.74, 6) is 2.33. The van der Waals surface area contributed by atoms with E-state index < -0.39 is 10.0 Å². The van der Waals surface area contributed by atoms with Crippen LogP contribution in [0.1, 0.15) is 36.0 Å². The summed E-state index contributed by atoms with van der Waals surface area (Å²) in [6.45, 7) is 3.84. The molecule has 2 aromatic carbocycles. The van der Waals surface area contributed by atoms with Crippen LogP contribution in [-0.2, 0) is 27.0 Å². The number of benzene rings is 2. The fourth-order valence-electron chi connectivity index (χ4n) is 3.74. The highest BCUT2D eigenvalue weighted by Gasteiger charge is 2.27. The summed E-state index contributed by atoms with van der Waals surface area (Å²) in [6, 6.07) is 13.2. The van der Waals surface area contributed by atoms with Gasteiger partial charge in [-0.2, -0.15) is 16.1 Å². The van der Waals surface area contributed by atoms with E-state index >= 15 is 0 Å². The fourth-order valence-corrected chi connectivity index (χ4v) is 6.24. The van der Waals surface area contributed by atoms with E-state index in [2.05, 4.69) is 24.4 Å². The average molecular weight is 477 g/mol. The smallest absolute Gasteiger partial charge is 0.243 e. The molecule has 0 saturated carbocycles. The number of sulfonamides is 1. The molecular weight excluding hydrogens is 444 g/mol. The SMILES string of the molecule is COc1ccc(S(=O)(=O)N2CCCC2)cc1CCC(=O)NCCSCc1ccccc1C. The number of nitrogens with zero attached hydrogens (tertiary/aromatic N) is 1. The second-order valence-corrected chi connectivity index (χ2v) is 11.0. The number of amides is 1. The molecule has 32 heavy (non-hydrogen) atoms. The predicted octanol–water partition coefficient (Wildman–Crippen LogP) is 3.77. The Morgan fingerprint density at radius 2 is 1.88 bits per heavy atom. The van der Waals surface area contributed by atoms with Gasteiger partial charge in [-0.15, -0.1) is 0 Å². The molecule has 8 heteroatoms. The molecule has 6 nitrogen and oxygen atoms in total. The molecule has 0 unspecified atom stereocenters. The zero-order valence-electron chi connectivity index (χ0n) is 18.8. The first-order valence-electron chi connectivity index (χ1n) is 11.0. The molecule has 1 aliphatic heterocycles. The van der Waals surface area contributed by atoms with Gasteiger partial charge in [-0.3, -0.25) is 4.79 Å². The molecule has 0 atom stereocenters. The van der Waals surface area contributed by atoms with Gasteiger partial charge in [0.15, 0.2) is 0 Å². The van der Waals surface area contributed by atoms with E-state index in [0.29, 0.717) is 31.8 Å². The summed E-state index contributed by atoms with van der Waals surface area (Å²) < 4.78 is 32.6. The van der Waals surface area contributed by atoms with E-state index in [1.807, 2.05) is 12.1 Å². The Balaban J connectivity index is 1.48. The van der Waals surface area contributed by atoms with Crippen molar-refractivity contribution in [3.8, 4) is 5.75 Å². The highest BCUT2D eigenvalue weighted by atomic mass is 32.2. The van der Waals surface area contributed by atoms with Gasteiger partial charge in [-0.1, -0.05) is 24.3 Å². The lowest BCUT2D eigenvalue weighted by Gasteiger charge is -2.17. The Morgan fingerprint density at radius 1 is 1.12 bits per heavy atom. The highest BCUT2D eigenvalue weighted by Crippen LogP contribution is 2.27. The van der Waals surface area contributed by atoms with Crippen LogP contribution >= 0.6 is 11.8 Å². The maximum atomic E-state index is 12.9. The molecule has 1 aliphatic rings. The van der Waals surface area contributed by atoms with E-state index in [-0.39, 0.29) is 17.2 Å². The quantitative estimate of drug-likeness (QED) is 0.500. The number of hydrogen-bond donors (Lipinski definition) is 1.